The molecule has 4 heteroatoms. The average Bonchev–Trinajstić information content (AvgIpc) is 2.59. The number of hydrogen-bond acceptors (Lipinski definition) is 3. The molecule has 1 N–H and O–H groups in total. The summed E-state index contributed by atoms with van der Waals surface area (Å²) < 4.78 is 5.84. The number of benzene rings is 1. The van der Waals surface area contributed by atoms with Gasteiger partial charge in [-0.05, 0) is 44.0 Å². The van der Waals surface area contributed by atoms with E-state index in [0.29, 0.717) is 19.2 Å². The van der Waals surface area contributed by atoms with Crippen molar-refractivity contribution in [2.45, 2.75) is 64.2 Å². The van der Waals surface area contributed by atoms with E-state index in [4.69, 9.17) is 16.3 Å². The summed E-state index contributed by atoms with van der Waals surface area (Å²) in [5.41, 5.74) is 1.08. The third kappa shape index (κ3) is 6.07. The summed E-state index contributed by atoms with van der Waals surface area (Å²) in [5, 5.41) is 11.1. The maximum absolute atomic E-state index is 10.3. The zero-order valence-electron chi connectivity index (χ0n) is 14.4. The molecule has 1 aliphatic rings. The maximum atomic E-state index is 10.3. The second kappa shape index (κ2) is 9.63. The van der Waals surface area contributed by atoms with Crippen molar-refractivity contribution in [3.8, 4) is 0 Å². The fraction of sp³-hybridized carbons (Fsp3) is 0.684. The van der Waals surface area contributed by atoms with E-state index in [1.807, 2.05) is 31.2 Å². The summed E-state index contributed by atoms with van der Waals surface area (Å²) in [4.78, 5) is 2.42. The molecule has 0 bridgehead atoms. The minimum Gasteiger partial charge on any atom is -0.389 e. The summed E-state index contributed by atoms with van der Waals surface area (Å²) in [6.45, 7) is 6.25. The SMILES string of the molecule is CCN(C[C@@H](O)CO[C@@H](C)c1ccc(Cl)cc1)C1CCCCC1. The second-order valence-electron chi connectivity index (χ2n) is 6.56. The normalized spacial score (nSPS) is 19.0. The Kier molecular flexibility index (Phi) is 7.84. The van der Waals surface area contributed by atoms with Gasteiger partial charge < -0.3 is 9.84 Å². The van der Waals surface area contributed by atoms with E-state index in [2.05, 4.69) is 11.8 Å². The standard InChI is InChI=1S/C19H30ClNO2/c1-3-21(18-7-5-4-6-8-18)13-19(22)14-23-15(2)16-9-11-17(20)12-10-16/h9-12,15,18-19,22H,3-8,13-14H2,1-2H3/t15-,19+/m0/s1. The molecule has 1 saturated carbocycles. The van der Waals surface area contributed by atoms with Crippen LogP contribution >= 0.6 is 11.6 Å². The van der Waals surface area contributed by atoms with E-state index < -0.39 is 6.10 Å². The first-order valence-corrected chi connectivity index (χ1v) is 9.27. The lowest BCUT2D eigenvalue weighted by molar-refractivity contribution is -0.0223. The van der Waals surface area contributed by atoms with Crippen LogP contribution in [0, 0.1) is 0 Å². The van der Waals surface area contributed by atoms with E-state index in [1.165, 1.54) is 32.1 Å². The van der Waals surface area contributed by atoms with Gasteiger partial charge in [-0.2, -0.15) is 0 Å². The predicted octanol–water partition coefficient (Wildman–Crippen LogP) is 4.43. The first-order valence-electron chi connectivity index (χ1n) is 8.89. The van der Waals surface area contributed by atoms with Crippen LogP contribution in [0.4, 0.5) is 0 Å². The summed E-state index contributed by atoms with van der Waals surface area (Å²) >= 11 is 5.90. The second-order valence-corrected chi connectivity index (χ2v) is 7.00. The maximum Gasteiger partial charge on any atom is 0.0900 e. The highest BCUT2D eigenvalue weighted by Crippen LogP contribution is 2.23. The zero-order valence-corrected chi connectivity index (χ0v) is 15.1. The molecule has 1 fully saturated rings. The number of aliphatic hydroxyl groups is 1. The fourth-order valence-corrected chi connectivity index (χ4v) is 3.52. The van der Waals surface area contributed by atoms with E-state index in [-0.39, 0.29) is 6.10 Å². The molecule has 0 heterocycles. The smallest absolute Gasteiger partial charge is 0.0900 e. The van der Waals surface area contributed by atoms with Crippen molar-refractivity contribution in [1.82, 2.24) is 4.90 Å². The van der Waals surface area contributed by atoms with Crippen LogP contribution in [-0.4, -0.2) is 41.8 Å². The molecule has 0 radical (unpaired) electrons. The molecule has 0 amide bonds. The number of rotatable bonds is 8. The van der Waals surface area contributed by atoms with Crippen LogP contribution in [0.15, 0.2) is 24.3 Å². The summed E-state index contributed by atoms with van der Waals surface area (Å²) in [6, 6.07) is 8.32. The Hall–Kier alpha value is -0.610. The number of aliphatic hydroxyl groups excluding tert-OH is 1. The lowest BCUT2D eigenvalue weighted by Gasteiger charge is -2.34. The Morgan fingerprint density at radius 2 is 1.87 bits per heavy atom. The minimum absolute atomic E-state index is 0.0355. The third-order valence-corrected chi connectivity index (χ3v) is 5.07. The molecular formula is C19H30ClNO2. The first kappa shape index (κ1) is 18.7. The lowest BCUT2D eigenvalue weighted by Crippen LogP contribution is -2.42. The van der Waals surface area contributed by atoms with E-state index in [1.54, 1.807) is 0 Å². The van der Waals surface area contributed by atoms with Crippen LogP contribution in [0.25, 0.3) is 0 Å². The van der Waals surface area contributed by atoms with Crippen LogP contribution in [-0.2, 0) is 4.74 Å². The van der Waals surface area contributed by atoms with Gasteiger partial charge >= 0.3 is 0 Å². The monoisotopic (exact) mass is 339 g/mol. The van der Waals surface area contributed by atoms with Crippen LogP contribution < -0.4 is 0 Å². The minimum atomic E-state index is -0.438. The van der Waals surface area contributed by atoms with Gasteiger partial charge in [-0.1, -0.05) is 49.9 Å². The molecule has 23 heavy (non-hydrogen) atoms. The van der Waals surface area contributed by atoms with Crippen molar-refractivity contribution in [1.29, 1.82) is 0 Å². The number of nitrogens with zero attached hydrogens (tertiary/aromatic N) is 1. The van der Waals surface area contributed by atoms with Crippen molar-refractivity contribution >= 4 is 11.6 Å². The largest absolute Gasteiger partial charge is 0.389 e. The van der Waals surface area contributed by atoms with E-state index in [9.17, 15) is 5.11 Å². The van der Waals surface area contributed by atoms with Crippen molar-refractivity contribution in [2.24, 2.45) is 0 Å². The first-order chi connectivity index (χ1) is 11.1. The van der Waals surface area contributed by atoms with E-state index in [0.717, 1.165) is 17.1 Å². The number of ether oxygens (including phenoxy) is 1. The molecule has 0 unspecified atom stereocenters. The van der Waals surface area contributed by atoms with Gasteiger partial charge in [0.05, 0.1) is 18.8 Å². The predicted molar refractivity (Wildman–Crippen MR) is 95.9 cm³/mol. The molecule has 2 rings (SSSR count). The Morgan fingerprint density at radius 1 is 1.22 bits per heavy atom. The molecule has 0 spiro atoms. The molecule has 1 aromatic rings. The Morgan fingerprint density at radius 3 is 2.48 bits per heavy atom. The van der Waals surface area contributed by atoms with Gasteiger partial charge in [-0.25, -0.2) is 0 Å². The van der Waals surface area contributed by atoms with Gasteiger partial charge in [0, 0.05) is 17.6 Å². The summed E-state index contributed by atoms with van der Waals surface area (Å²) in [5.74, 6) is 0. The molecule has 2 atom stereocenters. The quantitative estimate of drug-likeness (QED) is 0.760. The number of hydrogen-bond donors (Lipinski definition) is 1. The van der Waals surface area contributed by atoms with Crippen LogP contribution in [0.3, 0.4) is 0 Å². The molecule has 3 nitrogen and oxygen atoms in total. The number of halogens is 1. The lowest BCUT2D eigenvalue weighted by atomic mass is 9.94. The van der Waals surface area contributed by atoms with Crippen molar-refractivity contribution in [3.05, 3.63) is 34.9 Å². The molecule has 1 aliphatic carbocycles. The van der Waals surface area contributed by atoms with Crippen molar-refractivity contribution < 1.29 is 9.84 Å². The van der Waals surface area contributed by atoms with E-state index >= 15 is 0 Å². The molecule has 1 aromatic carbocycles. The highest BCUT2D eigenvalue weighted by atomic mass is 35.5. The molecule has 0 saturated heterocycles. The van der Waals surface area contributed by atoms with Crippen molar-refractivity contribution in [2.75, 3.05) is 19.7 Å². The Bertz CT molecular complexity index is 445. The average molecular weight is 340 g/mol. The van der Waals surface area contributed by atoms with Gasteiger partial charge in [-0.3, -0.25) is 4.90 Å². The molecular weight excluding hydrogens is 310 g/mol. The highest BCUT2D eigenvalue weighted by molar-refractivity contribution is 6.30. The van der Waals surface area contributed by atoms with Crippen molar-refractivity contribution in [3.63, 3.8) is 0 Å². The fourth-order valence-electron chi connectivity index (χ4n) is 3.39. The topological polar surface area (TPSA) is 32.7 Å². The number of likely N-dealkylation sites (N-methyl/N-ethyl adjacent to an activating group) is 1. The molecule has 0 aliphatic heterocycles. The molecule has 0 aromatic heterocycles. The zero-order chi connectivity index (χ0) is 16.7. The Balaban J connectivity index is 1.76. The van der Waals surface area contributed by atoms with Gasteiger partial charge in [0.15, 0.2) is 0 Å². The van der Waals surface area contributed by atoms with Gasteiger partial charge in [-0.15, -0.1) is 0 Å². The van der Waals surface area contributed by atoms with Gasteiger partial charge in [0.1, 0.15) is 0 Å². The molecule has 130 valence electrons. The Labute approximate surface area is 145 Å². The van der Waals surface area contributed by atoms with Crippen LogP contribution in [0.2, 0.25) is 5.02 Å². The van der Waals surface area contributed by atoms with Gasteiger partial charge in [0.2, 0.25) is 0 Å². The third-order valence-electron chi connectivity index (χ3n) is 4.82. The van der Waals surface area contributed by atoms with Gasteiger partial charge in [0.25, 0.3) is 0 Å². The summed E-state index contributed by atoms with van der Waals surface area (Å²) in [6.07, 6.45) is 6.06. The van der Waals surface area contributed by atoms with Crippen LogP contribution in [0.1, 0.15) is 57.6 Å². The van der Waals surface area contributed by atoms with Crippen LogP contribution in [0.5, 0.6) is 0 Å². The summed E-state index contributed by atoms with van der Waals surface area (Å²) in [7, 11) is 0. The highest BCUT2D eigenvalue weighted by Gasteiger charge is 2.22.